The summed E-state index contributed by atoms with van der Waals surface area (Å²) >= 11 is 12.8. The van der Waals surface area contributed by atoms with Gasteiger partial charge in [0.05, 0.1) is 0 Å². The van der Waals surface area contributed by atoms with E-state index in [9.17, 15) is 9.59 Å². The molecule has 0 radical (unpaired) electrons. The topological polar surface area (TPSA) is 70.2 Å². The van der Waals surface area contributed by atoms with Gasteiger partial charge in [0, 0.05) is 17.6 Å². The fraction of sp³-hybridized carbons (Fsp3) is 0.636. The Morgan fingerprint density at radius 2 is 1.41 bits per heavy atom. The molecule has 29 heavy (non-hydrogen) atoms. The monoisotopic (exact) mass is 439 g/mol. The molecule has 2 saturated carbocycles. The Kier molecular flexibility index (Phi) is 8.22. The van der Waals surface area contributed by atoms with Gasteiger partial charge in [-0.15, -0.1) is 23.2 Å². The molecule has 0 saturated heterocycles. The van der Waals surface area contributed by atoms with E-state index in [4.69, 9.17) is 23.2 Å². The Balaban J connectivity index is 1.83. The van der Waals surface area contributed by atoms with Crippen molar-refractivity contribution in [2.24, 2.45) is 0 Å². The quantitative estimate of drug-likeness (QED) is 0.438. The molecule has 1 aromatic rings. The molecule has 5 nitrogen and oxygen atoms in total. The maximum absolute atomic E-state index is 13.5. The molecular formula is C22H31Cl2N3O2. The van der Waals surface area contributed by atoms with Crippen LogP contribution in [0.2, 0.25) is 0 Å². The number of alkyl halides is 2. The average molecular weight is 440 g/mol. The molecule has 1 aromatic carbocycles. The molecule has 0 bridgehead atoms. The number of carbonyl (C=O) groups excluding carboxylic acids is 2. The Morgan fingerprint density at radius 1 is 0.862 bits per heavy atom. The van der Waals surface area contributed by atoms with Crippen LogP contribution in [0, 0.1) is 0 Å². The van der Waals surface area contributed by atoms with E-state index in [0.29, 0.717) is 5.56 Å². The molecule has 0 heterocycles. The first-order valence-electron chi connectivity index (χ1n) is 10.8. The van der Waals surface area contributed by atoms with Crippen LogP contribution in [0.5, 0.6) is 0 Å². The van der Waals surface area contributed by atoms with Gasteiger partial charge < -0.3 is 10.6 Å². The lowest BCUT2D eigenvalue weighted by Crippen LogP contribution is -2.73. The summed E-state index contributed by atoms with van der Waals surface area (Å²) in [6, 6.07) is 8.99. The minimum Gasteiger partial charge on any atom is -0.350 e. The lowest BCUT2D eigenvalue weighted by Gasteiger charge is -2.40. The van der Waals surface area contributed by atoms with E-state index in [2.05, 4.69) is 16.0 Å². The van der Waals surface area contributed by atoms with E-state index in [1.807, 2.05) is 6.07 Å². The maximum atomic E-state index is 13.5. The molecule has 160 valence electrons. The van der Waals surface area contributed by atoms with Gasteiger partial charge in [-0.25, -0.2) is 0 Å². The molecule has 3 N–H and O–H groups in total. The highest BCUT2D eigenvalue weighted by Gasteiger charge is 2.48. The fourth-order valence-corrected chi connectivity index (χ4v) is 4.76. The van der Waals surface area contributed by atoms with Gasteiger partial charge in [0.25, 0.3) is 11.8 Å². The van der Waals surface area contributed by atoms with Crippen LogP contribution in [-0.2, 0) is 4.79 Å². The average Bonchev–Trinajstić information content (AvgIpc) is 2.75. The van der Waals surface area contributed by atoms with Crippen molar-refractivity contribution in [3.63, 3.8) is 0 Å². The zero-order valence-corrected chi connectivity index (χ0v) is 18.3. The first kappa shape index (κ1) is 22.4. The summed E-state index contributed by atoms with van der Waals surface area (Å²) in [6.45, 7) is 0. The molecule has 2 fully saturated rings. The van der Waals surface area contributed by atoms with Gasteiger partial charge in [0.1, 0.15) is 0 Å². The first-order valence-corrected chi connectivity index (χ1v) is 11.6. The largest absolute Gasteiger partial charge is 0.350 e. The first-order chi connectivity index (χ1) is 14.0. The van der Waals surface area contributed by atoms with E-state index in [-0.39, 0.29) is 23.9 Å². The molecular weight excluding hydrogens is 409 g/mol. The van der Waals surface area contributed by atoms with Gasteiger partial charge in [0.15, 0.2) is 4.84 Å². The van der Waals surface area contributed by atoms with E-state index >= 15 is 0 Å². The number of rotatable bonds is 7. The van der Waals surface area contributed by atoms with E-state index in [0.717, 1.165) is 51.4 Å². The maximum Gasteiger partial charge on any atom is 0.264 e. The predicted octanol–water partition coefficient (Wildman–Crippen LogP) is 4.29. The van der Waals surface area contributed by atoms with Gasteiger partial charge in [-0.05, 0) is 37.8 Å². The SMILES string of the molecule is O=C(NC(NC1CCCCC1)(C(=O)NC1CCCCC1)C(Cl)Cl)c1ccccc1. The van der Waals surface area contributed by atoms with Gasteiger partial charge in [0.2, 0.25) is 5.66 Å². The van der Waals surface area contributed by atoms with Crippen LogP contribution in [0.25, 0.3) is 0 Å². The van der Waals surface area contributed by atoms with Gasteiger partial charge in [-0.2, -0.15) is 0 Å². The number of halogens is 2. The number of amides is 2. The normalized spacial score (nSPS) is 20.8. The summed E-state index contributed by atoms with van der Waals surface area (Å²) in [5.74, 6) is -0.728. The Morgan fingerprint density at radius 3 is 1.97 bits per heavy atom. The Labute approximate surface area is 183 Å². The standard InChI is InChI=1S/C22H31Cl2N3O2/c23-20(24)22(26-18-14-8-3-9-15-18,21(29)25-17-12-6-2-7-13-17)27-19(28)16-10-4-1-5-11-16/h1,4-5,10-11,17-18,20,26H,2-3,6-9,12-15H2,(H,25,29)(H,27,28). The molecule has 2 aliphatic carbocycles. The summed E-state index contributed by atoms with van der Waals surface area (Å²) in [7, 11) is 0. The smallest absolute Gasteiger partial charge is 0.264 e. The van der Waals surface area contributed by atoms with Crippen LogP contribution < -0.4 is 16.0 Å². The number of carbonyl (C=O) groups is 2. The predicted molar refractivity (Wildman–Crippen MR) is 117 cm³/mol. The number of hydrogen-bond acceptors (Lipinski definition) is 3. The highest BCUT2D eigenvalue weighted by molar-refractivity contribution is 6.46. The summed E-state index contributed by atoms with van der Waals surface area (Å²) in [5, 5.41) is 9.31. The van der Waals surface area contributed by atoms with Gasteiger partial charge in [-0.3, -0.25) is 14.9 Å². The fourth-order valence-electron chi connectivity index (χ4n) is 4.33. The molecule has 1 unspecified atom stereocenters. The van der Waals surface area contributed by atoms with Crippen molar-refractivity contribution in [2.45, 2.75) is 86.8 Å². The molecule has 7 heteroatoms. The summed E-state index contributed by atoms with van der Waals surface area (Å²) in [4.78, 5) is 25.3. The van der Waals surface area contributed by atoms with Crippen molar-refractivity contribution in [1.29, 1.82) is 0 Å². The lowest BCUT2D eigenvalue weighted by atomic mass is 9.92. The molecule has 2 aliphatic rings. The highest BCUT2D eigenvalue weighted by atomic mass is 35.5. The van der Waals surface area contributed by atoms with Gasteiger partial charge in [-0.1, -0.05) is 56.7 Å². The zero-order chi connectivity index (χ0) is 20.7. The second kappa shape index (κ2) is 10.6. The minimum absolute atomic E-state index is 0.0805. The molecule has 1 atom stereocenters. The van der Waals surface area contributed by atoms with Crippen LogP contribution in [0.4, 0.5) is 0 Å². The van der Waals surface area contributed by atoms with Crippen molar-refractivity contribution in [1.82, 2.24) is 16.0 Å². The number of hydrogen-bond donors (Lipinski definition) is 3. The van der Waals surface area contributed by atoms with Crippen molar-refractivity contribution in [3.8, 4) is 0 Å². The second-order valence-corrected chi connectivity index (χ2v) is 9.31. The van der Waals surface area contributed by atoms with Crippen LogP contribution in [0.1, 0.15) is 74.6 Å². The third kappa shape index (κ3) is 5.87. The van der Waals surface area contributed by atoms with E-state index in [1.165, 1.54) is 12.8 Å². The van der Waals surface area contributed by atoms with Crippen molar-refractivity contribution < 1.29 is 9.59 Å². The molecule has 3 rings (SSSR count). The van der Waals surface area contributed by atoms with Crippen LogP contribution in [-0.4, -0.2) is 34.4 Å². The van der Waals surface area contributed by atoms with Crippen molar-refractivity contribution >= 4 is 35.0 Å². The van der Waals surface area contributed by atoms with E-state index < -0.39 is 10.5 Å². The zero-order valence-electron chi connectivity index (χ0n) is 16.8. The number of nitrogens with one attached hydrogen (secondary N) is 3. The molecule has 0 aliphatic heterocycles. The second-order valence-electron chi connectivity index (χ2n) is 8.22. The third-order valence-corrected chi connectivity index (χ3v) is 6.66. The van der Waals surface area contributed by atoms with Crippen LogP contribution in [0.15, 0.2) is 30.3 Å². The van der Waals surface area contributed by atoms with Gasteiger partial charge >= 0.3 is 0 Å². The van der Waals surface area contributed by atoms with Crippen molar-refractivity contribution in [3.05, 3.63) is 35.9 Å². The highest BCUT2D eigenvalue weighted by Crippen LogP contribution is 2.26. The Hall–Kier alpha value is -1.30. The van der Waals surface area contributed by atoms with E-state index in [1.54, 1.807) is 24.3 Å². The number of benzene rings is 1. The molecule has 2 amide bonds. The van der Waals surface area contributed by atoms with Crippen LogP contribution >= 0.6 is 23.2 Å². The van der Waals surface area contributed by atoms with Crippen molar-refractivity contribution in [2.75, 3.05) is 0 Å². The Bertz CT molecular complexity index is 674. The minimum atomic E-state index is -1.57. The summed E-state index contributed by atoms with van der Waals surface area (Å²) in [5.41, 5.74) is -1.11. The lowest BCUT2D eigenvalue weighted by molar-refractivity contribution is -0.129. The summed E-state index contributed by atoms with van der Waals surface area (Å²) in [6.07, 6.45) is 10.5. The molecule has 0 aromatic heterocycles. The molecule has 0 spiro atoms. The van der Waals surface area contributed by atoms with Crippen LogP contribution in [0.3, 0.4) is 0 Å². The summed E-state index contributed by atoms with van der Waals surface area (Å²) < 4.78 is 0. The third-order valence-electron chi connectivity index (χ3n) is 6.01.